The molecular formula is C12H6Cl2F2N2O2. The summed E-state index contributed by atoms with van der Waals surface area (Å²) in [6, 6.07) is 4.19. The average molecular weight is 319 g/mol. The fourth-order valence-corrected chi connectivity index (χ4v) is 1.88. The first-order chi connectivity index (χ1) is 9.38. The second-order valence-corrected chi connectivity index (χ2v) is 4.52. The van der Waals surface area contributed by atoms with E-state index in [1.807, 2.05) is 0 Å². The van der Waals surface area contributed by atoms with E-state index in [-0.39, 0.29) is 21.6 Å². The second-order valence-electron chi connectivity index (χ2n) is 3.70. The molecule has 0 radical (unpaired) electrons. The molecule has 0 aliphatic carbocycles. The summed E-state index contributed by atoms with van der Waals surface area (Å²) >= 11 is 11.4. The number of benzene rings is 1. The van der Waals surface area contributed by atoms with Crippen molar-refractivity contribution in [1.82, 2.24) is 4.98 Å². The van der Waals surface area contributed by atoms with E-state index in [1.165, 1.54) is 12.1 Å². The van der Waals surface area contributed by atoms with Crippen molar-refractivity contribution in [2.45, 2.75) is 0 Å². The lowest BCUT2D eigenvalue weighted by Gasteiger charge is -2.10. The van der Waals surface area contributed by atoms with Gasteiger partial charge in [0.1, 0.15) is 11.6 Å². The van der Waals surface area contributed by atoms with Crippen LogP contribution in [0.25, 0.3) is 0 Å². The van der Waals surface area contributed by atoms with Gasteiger partial charge in [-0.3, -0.25) is 0 Å². The molecule has 2 aromatic rings. The second kappa shape index (κ2) is 5.60. The molecular weight excluding hydrogens is 313 g/mol. The van der Waals surface area contributed by atoms with Crippen molar-refractivity contribution in [3.8, 4) is 0 Å². The van der Waals surface area contributed by atoms with Gasteiger partial charge in [-0.15, -0.1) is 0 Å². The van der Waals surface area contributed by atoms with Crippen molar-refractivity contribution in [2.75, 3.05) is 5.32 Å². The van der Waals surface area contributed by atoms with Crippen molar-refractivity contribution in [3.63, 3.8) is 0 Å². The molecule has 0 aliphatic heterocycles. The molecule has 0 atom stereocenters. The molecule has 0 aliphatic rings. The Morgan fingerprint density at radius 2 is 1.90 bits per heavy atom. The van der Waals surface area contributed by atoms with E-state index in [2.05, 4.69) is 10.3 Å². The maximum atomic E-state index is 13.6. The number of anilines is 2. The van der Waals surface area contributed by atoms with Crippen molar-refractivity contribution >= 4 is 40.7 Å². The number of halogens is 4. The molecule has 0 saturated heterocycles. The van der Waals surface area contributed by atoms with E-state index in [4.69, 9.17) is 28.3 Å². The lowest BCUT2D eigenvalue weighted by atomic mass is 10.3. The summed E-state index contributed by atoms with van der Waals surface area (Å²) in [6.45, 7) is 0. The summed E-state index contributed by atoms with van der Waals surface area (Å²) in [4.78, 5) is 14.6. The number of aromatic carboxylic acids is 1. The molecule has 1 aromatic carbocycles. The molecule has 0 spiro atoms. The Kier molecular flexibility index (Phi) is 4.06. The fourth-order valence-electron chi connectivity index (χ4n) is 1.45. The molecule has 2 rings (SSSR count). The lowest BCUT2D eigenvalue weighted by Crippen LogP contribution is -2.05. The normalized spacial score (nSPS) is 10.4. The van der Waals surface area contributed by atoms with Gasteiger partial charge in [0.15, 0.2) is 11.5 Å². The highest BCUT2D eigenvalue weighted by Gasteiger charge is 2.14. The molecule has 20 heavy (non-hydrogen) atoms. The molecule has 4 nitrogen and oxygen atoms in total. The standard InChI is InChI=1S/C12H6Cl2F2N2O2/c13-6-1-2-9(18-11(6)12(19)20)17-10-7(14)3-5(15)4-8(10)16/h1-4H,(H,17,18)(H,19,20). The highest BCUT2D eigenvalue weighted by atomic mass is 35.5. The summed E-state index contributed by atoms with van der Waals surface area (Å²) < 4.78 is 26.5. The monoisotopic (exact) mass is 318 g/mol. The van der Waals surface area contributed by atoms with Crippen molar-refractivity contribution in [2.24, 2.45) is 0 Å². The molecule has 0 fully saturated rings. The molecule has 1 aromatic heterocycles. The van der Waals surface area contributed by atoms with Crippen LogP contribution in [-0.2, 0) is 0 Å². The van der Waals surface area contributed by atoms with E-state index in [1.54, 1.807) is 0 Å². The van der Waals surface area contributed by atoms with Crippen LogP contribution in [0.5, 0.6) is 0 Å². The van der Waals surface area contributed by atoms with E-state index in [0.717, 1.165) is 6.07 Å². The molecule has 1 heterocycles. The van der Waals surface area contributed by atoms with Gasteiger partial charge in [-0.1, -0.05) is 23.2 Å². The Bertz CT molecular complexity index is 672. The highest BCUT2D eigenvalue weighted by molar-refractivity contribution is 6.33. The van der Waals surface area contributed by atoms with Crippen LogP contribution in [0.1, 0.15) is 10.5 Å². The van der Waals surface area contributed by atoms with Gasteiger partial charge in [0, 0.05) is 6.07 Å². The third-order valence-electron chi connectivity index (χ3n) is 2.31. The van der Waals surface area contributed by atoms with Crippen LogP contribution >= 0.6 is 23.2 Å². The van der Waals surface area contributed by atoms with Crippen molar-refractivity contribution in [3.05, 3.63) is 51.6 Å². The molecule has 0 amide bonds. The summed E-state index contributed by atoms with van der Waals surface area (Å²) in [7, 11) is 0. The number of nitrogens with zero attached hydrogens (tertiary/aromatic N) is 1. The highest BCUT2D eigenvalue weighted by Crippen LogP contribution is 2.29. The van der Waals surface area contributed by atoms with Crippen LogP contribution in [-0.4, -0.2) is 16.1 Å². The summed E-state index contributed by atoms with van der Waals surface area (Å²) in [6.07, 6.45) is 0. The zero-order valence-electron chi connectivity index (χ0n) is 9.62. The molecule has 0 bridgehead atoms. The number of rotatable bonds is 3. The number of pyridine rings is 1. The van der Waals surface area contributed by atoms with Crippen LogP contribution in [0.4, 0.5) is 20.3 Å². The predicted molar refractivity (Wildman–Crippen MR) is 70.9 cm³/mol. The average Bonchev–Trinajstić information content (AvgIpc) is 2.35. The number of aromatic nitrogens is 1. The zero-order valence-corrected chi connectivity index (χ0v) is 11.1. The minimum absolute atomic E-state index is 0.0132. The quantitative estimate of drug-likeness (QED) is 0.894. The predicted octanol–water partition coefficient (Wildman–Crippen LogP) is 4.11. The van der Waals surface area contributed by atoms with E-state index in [0.29, 0.717) is 6.07 Å². The number of nitrogens with one attached hydrogen (secondary N) is 1. The van der Waals surface area contributed by atoms with Gasteiger partial charge in [-0.05, 0) is 18.2 Å². The van der Waals surface area contributed by atoms with Crippen LogP contribution in [0.2, 0.25) is 10.0 Å². The summed E-state index contributed by atoms with van der Waals surface area (Å²) in [5.41, 5.74) is -0.602. The minimum atomic E-state index is -1.33. The van der Waals surface area contributed by atoms with Crippen molar-refractivity contribution < 1.29 is 18.7 Å². The zero-order chi connectivity index (χ0) is 14.9. The van der Waals surface area contributed by atoms with Crippen molar-refractivity contribution in [1.29, 1.82) is 0 Å². The smallest absolute Gasteiger partial charge is 0.356 e. The Balaban J connectivity index is 2.41. The molecule has 2 N–H and O–H groups in total. The number of carboxylic acids is 1. The van der Waals surface area contributed by atoms with Gasteiger partial charge in [0.2, 0.25) is 0 Å². The fraction of sp³-hybridized carbons (Fsp3) is 0. The van der Waals surface area contributed by atoms with E-state index in [9.17, 15) is 13.6 Å². The lowest BCUT2D eigenvalue weighted by molar-refractivity contribution is 0.0691. The molecule has 0 unspecified atom stereocenters. The number of carboxylic acid groups (broad SMARTS) is 1. The van der Waals surface area contributed by atoms with Gasteiger partial charge in [0.05, 0.1) is 15.7 Å². The minimum Gasteiger partial charge on any atom is -0.476 e. The maximum Gasteiger partial charge on any atom is 0.356 e. The number of carbonyl (C=O) groups is 1. The van der Waals surface area contributed by atoms with Gasteiger partial charge in [-0.2, -0.15) is 0 Å². The van der Waals surface area contributed by atoms with Gasteiger partial charge < -0.3 is 10.4 Å². The number of hydrogen-bond acceptors (Lipinski definition) is 3. The van der Waals surface area contributed by atoms with Gasteiger partial charge in [-0.25, -0.2) is 18.6 Å². The SMILES string of the molecule is O=C(O)c1nc(Nc2c(F)cc(F)cc2Cl)ccc1Cl. The largest absolute Gasteiger partial charge is 0.476 e. The third-order valence-corrected chi connectivity index (χ3v) is 2.91. The summed E-state index contributed by atoms with van der Waals surface area (Å²) in [5, 5.41) is 11.1. The Morgan fingerprint density at radius 3 is 2.50 bits per heavy atom. The molecule has 8 heteroatoms. The summed E-state index contributed by atoms with van der Waals surface area (Å²) in [5.74, 6) is -3.07. The first-order valence-corrected chi connectivity index (χ1v) is 5.95. The van der Waals surface area contributed by atoms with Crippen LogP contribution < -0.4 is 5.32 Å². The van der Waals surface area contributed by atoms with Crippen LogP contribution in [0.15, 0.2) is 24.3 Å². The Labute approximate surface area is 122 Å². The maximum absolute atomic E-state index is 13.6. The molecule has 104 valence electrons. The van der Waals surface area contributed by atoms with E-state index < -0.39 is 23.3 Å². The Hall–Kier alpha value is -1.92. The first-order valence-electron chi connectivity index (χ1n) is 5.20. The van der Waals surface area contributed by atoms with Crippen LogP contribution in [0, 0.1) is 11.6 Å². The number of hydrogen-bond donors (Lipinski definition) is 2. The van der Waals surface area contributed by atoms with Crippen LogP contribution in [0.3, 0.4) is 0 Å². The Morgan fingerprint density at radius 1 is 1.20 bits per heavy atom. The topological polar surface area (TPSA) is 62.2 Å². The van der Waals surface area contributed by atoms with Gasteiger partial charge in [0.25, 0.3) is 0 Å². The van der Waals surface area contributed by atoms with Gasteiger partial charge >= 0.3 is 5.97 Å². The third kappa shape index (κ3) is 2.97. The van der Waals surface area contributed by atoms with E-state index >= 15 is 0 Å². The first kappa shape index (κ1) is 14.5. The molecule has 0 saturated carbocycles.